The third-order valence-electron chi connectivity index (χ3n) is 5.62. The van der Waals surface area contributed by atoms with Crippen LogP contribution in [0.5, 0.6) is 11.5 Å². The highest BCUT2D eigenvalue weighted by Gasteiger charge is 2.26. The maximum absolute atomic E-state index is 13.3. The van der Waals surface area contributed by atoms with Crippen LogP contribution in [0.1, 0.15) is 22.8 Å². The summed E-state index contributed by atoms with van der Waals surface area (Å²) in [5.74, 6) is -1.12. The number of carbonyl (C=O) groups is 3. The molecule has 3 aromatic rings. The van der Waals surface area contributed by atoms with Crippen molar-refractivity contribution in [2.75, 3.05) is 23.5 Å². The summed E-state index contributed by atoms with van der Waals surface area (Å²) >= 11 is 12.7. The molecule has 0 aliphatic carbocycles. The average molecular weight is 584 g/mol. The Morgan fingerprint density at radius 1 is 1.12 bits per heavy atom. The highest BCUT2D eigenvalue weighted by atomic mass is 35.5. The Morgan fingerprint density at radius 2 is 1.82 bits per heavy atom. The molecule has 1 heterocycles. The molecule has 13 heteroatoms. The second-order valence-corrected chi connectivity index (χ2v) is 9.05. The van der Waals surface area contributed by atoms with Crippen molar-refractivity contribution in [3.8, 4) is 17.6 Å². The van der Waals surface area contributed by atoms with Crippen molar-refractivity contribution < 1.29 is 28.2 Å². The number of alkyl carbamates (subject to hydrolysis) is 1. The lowest BCUT2D eigenvalue weighted by Crippen LogP contribution is -2.37. The predicted octanol–water partition coefficient (Wildman–Crippen LogP) is 5.69. The van der Waals surface area contributed by atoms with Crippen LogP contribution in [0.3, 0.4) is 0 Å². The van der Waals surface area contributed by atoms with Crippen LogP contribution in [0, 0.1) is 17.1 Å². The van der Waals surface area contributed by atoms with Gasteiger partial charge in [0.25, 0.3) is 11.8 Å². The number of hydrazone groups is 1. The van der Waals surface area contributed by atoms with Crippen molar-refractivity contribution in [1.82, 2.24) is 5.32 Å². The van der Waals surface area contributed by atoms with Gasteiger partial charge in [-0.3, -0.25) is 20.3 Å². The summed E-state index contributed by atoms with van der Waals surface area (Å²) in [6, 6.07) is 15.1. The van der Waals surface area contributed by atoms with E-state index in [0.717, 1.165) is 5.56 Å². The molecule has 1 aliphatic rings. The van der Waals surface area contributed by atoms with E-state index in [1.165, 1.54) is 24.3 Å². The van der Waals surface area contributed by atoms with Crippen molar-refractivity contribution in [2.45, 2.75) is 13.3 Å². The second kappa shape index (κ2) is 12.5. The van der Waals surface area contributed by atoms with E-state index in [-0.39, 0.29) is 39.8 Å². The molecule has 2 N–H and O–H groups in total. The molecule has 204 valence electrons. The van der Waals surface area contributed by atoms with Gasteiger partial charge in [0.15, 0.2) is 5.75 Å². The fraction of sp³-hybridized carbons (Fsp3) is 0.148. The monoisotopic (exact) mass is 583 g/mol. The third-order valence-corrected chi connectivity index (χ3v) is 6.18. The summed E-state index contributed by atoms with van der Waals surface area (Å²) in [5.41, 5.74) is 3.96. The zero-order valence-corrected chi connectivity index (χ0v) is 22.3. The highest BCUT2D eigenvalue weighted by molar-refractivity contribution is 6.47. The first-order chi connectivity index (χ1) is 19.2. The summed E-state index contributed by atoms with van der Waals surface area (Å²) < 4.78 is 23.8. The quantitative estimate of drug-likeness (QED) is 0.269. The molecule has 10 nitrogen and oxygen atoms in total. The number of fused-ring (bicyclic) bond motifs is 1. The van der Waals surface area contributed by atoms with Crippen molar-refractivity contribution in [2.24, 2.45) is 5.10 Å². The molecular formula is C27H20Cl2FN5O5. The van der Waals surface area contributed by atoms with Crippen LogP contribution in [0.15, 0.2) is 59.7 Å². The first-order valence-electron chi connectivity index (χ1n) is 11.8. The summed E-state index contributed by atoms with van der Waals surface area (Å²) in [5, 5.41) is 14.9. The molecule has 0 bridgehead atoms. The Kier molecular flexibility index (Phi) is 8.83. The zero-order chi connectivity index (χ0) is 28.8. The molecule has 0 aromatic heterocycles. The van der Waals surface area contributed by atoms with Crippen molar-refractivity contribution in [1.29, 1.82) is 5.26 Å². The molecule has 0 saturated heterocycles. The molecular weight excluding hydrogens is 564 g/mol. The lowest BCUT2D eigenvalue weighted by molar-refractivity contribution is -0.114. The molecule has 0 atom stereocenters. The summed E-state index contributed by atoms with van der Waals surface area (Å²) in [6.45, 7) is 2.01. The minimum atomic E-state index is -1.06. The van der Waals surface area contributed by atoms with Gasteiger partial charge in [0, 0.05) is 17.8 Å². The number of anilines is 2. The summed E-state index contributed by atoms with van der Waals surface area (Å²) in [6.07, 6.45) is -0.469. The van der Waals surface area contributed by atoms with Gasteiger partial charge in [0.1, 0.15) is 17.6 Å². The average Bonchev–Trinajstić information content (AvgIpc) is 2.92. The smallest absolute Gasteiger partial charge is 0.414 e. The van der Waals surface area contributed by atoms with Crippen LogP contribution < -0.4 is 20.4 Å². The molecule has 0 unspecified atom stereocenters. The van der Waals surface area contributed by atoms with E-state index in [1.807, 2.05) is 5.32 Å². The number of rotatable bonds is 7. The maximum atomic E-state index is 13.3. The van der Waals surface area contributed by atoms with Gasteiger partial charge in [-0.15, -0.1) is 0 Å². The largest absolute Gasteiger partial charge is 0.454 e. The lowest BCUT2D eigenvalue weighted by Gasteiger charge is -2.29. The van der Waals surface area contributed by atoms with E-state index in [9.17, 15) is 24.0 Å². The molecule has 1 aliphatic heterocycles. The molecule has 40 heavy (non-hydrogen) atoms. The van der Waals surface area contributed by atoms with E-state index in [2.05, 4.69) is 15.3 Å². The molecule has 0 radical (unpaired) electrons. The minimum Gasteiger partial charge on any atom is -0.454 e. The Balaban J connectivity index is 1.47. The topological polar surface area (TPSA) is 133 Å². The van der Waals surface area contributed by atoms with E-state index < -0.39 is 17.7 Å². The molecule has 0 spiro atoms. The van der Waals surface area contributed by atoms with Crippen molar-refractivity contribution in [3.05, 3.63) is 81.6 Å². The van der Waals surface area contributed by atoms with Crippen molar-refractivity contribution in [3.63, 3.8) is 0 Å². The molecule has 0 saturated carbocycles. The first-order valence-corrected chi connectivity index (χ1v) is 12.5. The summed E-state index contributed by atoms with van der Waals surface area (Å²) in [4.78, 5) is 38.0. The minimum absolute atomic E-state index is 0.0432. The van der Waals surface area contributed by atoms with E-state index in [0.29, 0.717) is 30.0 Å². The SMILES string of the molecule is CCOC(=O)NC(=O)C(C#N)=NNc1cc(Cl)c(Oc2ccc3c(c2)CCN(c2ccc(F)cc2)C3=O)c(Cl)c1. The van der Waals surface area contributed by atoms with Gasteiger partial charge < -0.3 is 14.4 Å². The maximum Gasteiger partial charge on any atom is 0.414 e. The van der Waals surface area contributed by atoms with Gasteiger partial charge in [0.2, 0.25) is 5.71 Å². The number of carbonyl (C=O) groups excluding carboxylic acids is 3. The Morgan fingerprint density at radius 3 is 2.48 bits per heavy atom. The van der Waals surface area contributed by atoms with Crippen LogP contribution >= 0.6 is 23.2 Å². The van der Waals surface area contributed by atoms with E-state index in [4.69, 9.17) is 27.9 Å². The van der Waals surface area contributed by atoms with Gasteiger partial charge in [-0.2, -0.15) is 10.4 Å². The van der Waals surface area contributed by atoms with Crippen LogP contribution in [0.4, 0.5) is 20.6 Å². The second-order valence-electron chi connectivity index (χ2n) is 8.23. The number of imide groups is 1. The van der Waals surface area contributed by atoms with Crippen molar-refractivity contribution >= 4 is 58.2 Å². The number of hydrogen-bond acceptors (Lipinski definition) is 8. The Labute approximate surface area is 237 Å². The number of nitriles is 1. The Bertz CT molecular complexity index is 1530. The highest BCUT2D eigenvalue weighted by Crippen LogP contribution is 2.39. The van der Waals surface area contributed by atoms with Gasteiger partial charge in [-0.05, 0) is 73.5 Å². The molecule has 0 fully saturated rings. The number of hydrogen-bond donors (Lipinski definition) is 2. The zero-order valence-electron chi connectivity index (χ0n) is 20.8. The fourth-order valence-corrected chi connectivity index (χ4v) is 4.37. The molecule has 3 amide bonds. The Hall–Kier alpha value is -4.66. The predicted molar refractivity (Wildman–Crippen MR) is 147 cm³/mol. The first kappa shape index (κ1) is 28.4. The van der Waals surface area contributed by atoms with Gasteiger partial charge >= 0.3 is 6.09 Å². The number of halogens is 3. The van der Waals surface area contributed by atoms with Gasteiger partial charge in [-0.1, -0.05) is 23.2 Å². The number of nitrogens with zero attached hydrogens (tertiary/aromatic N) is 3. The van der Waals surface area contributed by atoms with Crippen LogP contribution in [0.2, 0.25) is 10.0 Å². The van der Waals surface area contributed by atoms with E-state index in [1.54, 1.807) is 48.2 Å². The normalized spacial score (nSPS) is 12.7. The molecule has 4 rings (SSSR count). The standard InChI is InChI=1S/C27H20Cl2FN5O5/c1-2-39-27(38)32-25(36)23(14-31)34-33-17-12-21(28)24(22(29)13-17)40-19-7-8-20-15(11-19)9-10-35(26(20)37)18-5-3-16(30)4-6-18/h3-8,11-13,33H,2,9-10H2,1H3,(H,32,36,38). The number of benzene rings is 3. The van der Waals surface area contributed by atoms with Gasteiger partial charge in [0.05, 0.1) is 22.3 Å². The lowest BCUT2D eigenvalue weighted by atomic mass is 9.98. The number of ether oxygens (including phenoxy) is 2. The summed E-state index contributed by atoms with van der Waals surface area (Å²) in [7, 11) is 0. The number of nitrogens with one attached hydrogen (secondary N) is 2. The fourth-order valence-electron chi connectivity index (χ4n) is 3.80. The van der Waals surface area contributed by atoms with Crippen LogP contribution in [0.25, 0.3) is 0 Å². The number of amides is 3. The third kappa shape index (κ3) is 6.48. The van der Waals surface area contributed by atoms with Crippen LogP contribution in [-0.4, -0.2) is 36.8 Å². The van der Waals surface area contributed by atoms with Gasteiger partial charge in [-0.25, -0.2) is 9.18 Å². The molecule has 3 aromatic carbocycles. The van der Waals surface area contributed by atoms with Crippen LogP contribution in [-0.2, 0) is 16.0 Å². The van der Waals surface area contributed by atoms with E-state index >= 15 is 0 Å².